The van der Waals surface area contributed by atoms with E-state index >= 15 is 0 Å². The average Bonchev–Trinajstić information content (AvgIpc) is 3.21. The van der Waals surface area contributed by atoms with Crippen LogP contribution in [0.5, 0.6) is 0 Å². The molecular formula is C21H35Cl2N5O. The zero-order valence-electron chi connectivity index (χ0n) is 17.4. The number of likely N-dealkylation sites (tertiary alicyclic amines) is 1. The molecule has 3 heterocycles. The van der Waals surface area contributed by atoms with E-state index in [2.05, 4.69) is 39.2 Å². The molecule has 1 aromatic rings. The van der Waals surface area contributed by atoms with Crippen LogP contribution in [-0.2, 0) is 6.54 Å². The monoisotopic (exact) mass is 443 g/mol. The molecule has 1 aromatic carbocycles. The molecule has 3 aliphatic rings. The van der Waals surface area contributed by atoms with Gasteiger partial charge in [0.15, 0.2) is 0 Å². The van der Waals surface area contributed by atoms with E-state index < -0.39 is 0 Å². The van der Waals surface area contributed by atoms with Crippen LogP contribution >= 0.6 is 24.8 Å². The largest absolute Gasteiger partial charge is 0.337 e. The van der Waals surface area contributed by atoms with E-state index in [0.717, 1.165) is 84.0 Å². The Hall–Kier alpha value is -0.890. The standard InChI is InChI=1S/C21H33N5O.2ClH/c1-23-12-14-24(15-13-23)16-18-2-4-19(5-3-18)21(27)26-9-6-20(17-26)25-10-7-22-8-11-25;;/h2-5,20,22H,6-17H2,1H3;2*1H. The van der Waals surface area contributed by atoms with Crippen LogP contribution in [0, 0.1) is 0 Å². The summed E-state index contributed by atoms with van der Waals surface area (Å²) in [6.45, 7) is 11.6. The van der Waals surface area contributed by atoms with Crippen LogP contribution in [0.25, 0.3) is 0 Å². The van der Waals surface area contributed by atoms with E-state index in [-0.39, 0.29) is 30.7 Å². The van der Waals surface area contributed by atoms with Gasteiger partial charge in [-0.3, -0.25) is 14.6 Å². The summed E-state index contributed by atoms with van der Waals surface area (Å²) in [4.78, 5) is 22.4. The third-order valence-corrected chi connectivity index (χ3v) is 6.32. The summed E-state index contributed by atoms with van der Waals surface area (Å²) in [5.74, 6) is 0.193. The Morgan fingerprint density at radius 2 is 1.62 bits per heavy atom. The summed E-state index contributed by atoms with van der Waals surface area (Å²) >= 11 is 0. The Labute approximate surface area is 187 Å². The van der Waals surface area contributed by atoms with Crippen LogP contribution in [0.3, 0.4) is 0 Å². The van der Waals surface area contributed by atoms with Gasteiger partial charge in [-0.1, -0.05) is 12.1 Å². The van der Waals surface area contributed by atoms with Crippen molar-refractivity contribution in [2.75, 3.05) is 72.5 Å². The molecule has 1 N–H and O–H groups in total. The second-order valence-corrected chi connectivity index (χ2v) is 8.26. The fourth-order valence-corrected chi connectivity index (χ4v) is 4.47. The Morgan fingerprint density at radius 3 is 2.28 bits per heavy atom. The van der Waals surface area contributed by atoms with Gasteiger partial charge in [0.05, 0.1) is 0 Å². The molecule has 0 aromatic heterocycles. The number of hydrogen-bond acceptors (Lipinski definition) is 5. The molecule has 8 heteroatoms. The molecule has 1 unspecified atom stereocenters. The summed E-state index contributed by atoms with van der Waals surface area (Å²) in [5.41, 5.74) is 2.13. The van der Waals surface area contributed by atoms with Crippen LogP contribution in [0.15, 0.2) is 24.3 Å². The van der Waals surface area contributed by atoms with Gasteiger partial charge in [-0.15, -0.1) is 24.8 Å². The SMILES string of the molecule is CN1CCN(Cc2ccc(C(=O)N3CCC(N4CCNCC4)C3)cc2)CC1.Cl.Cl. The van der Waals surface area contributed by atoms with Crippen molar-refractivity contribution in [3.05, 3.63) is 35.4 Å². The van der Waals surface area contributed by atoms with Crippen LogP contribution < -0.4 is 5.32 Å². The molecule has 0 radical (unpaired) electrons. The predicted molar refractivity (Wildman–Crippen MR) is 122 cm³/mol. The van der Waals surface area contributed by atoms with Crippen molar-refractivity contribution >= 4 is 30.7 Å². The summed E-state index contributed by atoms with van der Waals surface area (Å²) in [7, 11) is 2.18. The molecule has 6 nitrogen and oxygen atoms in total. The molecule has 1 atom stereocenters. The molecule has 3 aliphatic heterocycles. The highest BCUT2D eigenvalue weighted by Crippen LogP contribution is 2.19. The number of hydrogen-bond donors (Lipinski definition) is 1. The molecular weight excluding hydrogens is 409 g/mol. The first-order chi connectivity index (χ1) is 13.2. The van der Waals surface area contributed by atoms with Crippen LogP contribution in [0.2, 0.25) is 0 Å². The molecule has 164 valence electrons. The number of benzene rings is 1. The topological polar surface area (TPSA) is 42.1 Å². The fraction of sp³-hybridized carbons (Fsp3) is 0.667. The van der Waals surface area contributed by atoms with Gasteiger partial charge in [0.2, 0.25) is 0 Å². The summed E-state index contributed by atoms with van der Waals surface area (Å²) in [6, 6.07) is 8.84. The van der Waals surface area contributed by atoms with Crippen LogP contribution in [0.1, 0.15) is 22.3 Å². The quantitative estimate of drug-likeness (QED) is 0.761. The van der Waals surface area contributed by atoms with E-state index in [9.17, 15) is 4.79 Å². The van der Waals surface area contributed by atoms with Gasteiger partial charge in [-0.25, -0.2) is 0 Å². The van der Waals surface area contributed by atoms with Crippen molar-refractivity contribution in [2.45, 2.75) is 19.0 Å². The zero-order valence-corrected chi connectivity index (χ0v) is 19.0. The highest BCUT2D eigenvalue weighted by molar-refractivity contribution is 5.94. The Balaban J connectivity index is 0.00000150. The van der Waals surface area contributed by atoms with Crippen LogP contribution in [-0.4, -0.2) is 104 Å². The second-order valence-electron chi connectivity index (χ2n) is 8.26. The molecule has 29 heavy (non-hydrogen) atoms. The minimum absolute atomic E-state index is 0. The van der Waals surface area contributed by atoms with Crippen molar-refractivity contribution in [1.29, 1.82) is 0 Å². The third-order valence-electron chi connectivity index (χ3n) is 6.32. The van der Waals surface area contributed by atoms with Crippen molar-refractivity contribution in [3.8, 4) is 0 Å². The maximum Gasteiger partial charge on any atom is 0.253 e. The molecule has 0 spiro atoms. The van der Waals surface area contributed by atoms with E-state index in [1.54, 1.807) is 0 Å². The van der Waals surface area contributed by atoms with Gasteiger partial charge < -0.3 is 15.1 Å². The van der Waals surface area contributed by atoms with E-state index in [1.165, 1.54) is 5.56 Å². The zero-order chi connectivity index (χ0) is 18.6. The van der Waals surface area contributed by atoms with Gasteiger partial charge in [0.25, 0.3) is 5.91 Å². The number of likely N-dealkylation sites (N-methyl/N-ethyl adjacent to an activating group) is 1. The maximum atomic E-state index is 12.9. The van der Waals surface area contributed by atoms with Gasteiger partial charge in [-0.05, 0) is 31.2 Å². The first kappa shape index (κ1) is 24.4. The molecule has 0 aliphatic carbocycles. The Kier molecular flexibility index (Phi) is 9.66. The van der Waals surface area contributed by atoms with Crippen molar-refractivity contribution in [3.63, 3.8) is 0 Å². The van der Waals surface area contributed by atoms with Gasteiger partial charge in [0.1, 0.15) is 0 Å². The Bertz CT molecular complexity index is 630. The van der Waals surface area contributed by atoms with Gasteiger partial charge in [0, 0.05) is 83.6 Å². The number of carbonyl (C=O) groups is 1. The first-order valence-electron chi connectivity index (χ1n) is 10.4. The highest BCUT2D eigenvalue weighted by atomic mass is 35.5. The normalized spacial score (nSPS) is 24.0. The Morgan fingerprint density at radius 1 is 0.966 bits per heavy atom. The molecule has 0 saturated carbocycles. The molecule has 1 amide bonds. The lowest BCUT2D eigenvalue weighted by molar-refractivity contribution is 0.0773. The molecule has 3 saturated heterocycles. The predicted octanol–water partition coefficient (Wildman–Crippen LogP) is 1.40. The number of nitrogens with zero attached hydrogens (tertiary/aromatic N) is 4. The van der Waals surface area contributed by atoms with Gasteiger partial charge in [-0.2, -0.15) is 0 Å². The second kappa shape index (κ2) is 11.5. The van der Waals surface area contributed by atoms with E-state index in [0.29, 0.717) is 6.04 Å². The number of carbonyl (C=O) groups excluding carboxylic acids is 1. The summed E-state index contributed by atoms with van der Waals surface area (Å²) in [5, 5.41) is 3.41. The summed E-state index contributed by atoms with van der Waals surface area (Å²) in [6.07, 6.45) is 1.10. The van der Waals surface area contributed by atoms with Crippen molar-refractivity contribution in [1.82, 2.24) is 24.9 Å². The highest BCUT2D eigenvalue weighted by Gasteiger charge is 2.31. The minimum atomic E-state index is 0. The maximum absolute atomic E-state index is 12.9. The molecule has 4 rings (SSSR count). The molecule has 3 fully saturated rings. The number of nitrogens with one attached hydrogen (secondary N) is 1. The number of piperazine rings is 2. The lowest BCUT2D eigenvalue weighted by Gasteiger charge is -2.32. The van der Waals surface area contributed by atoms with E-state index in [1.807, 2.05) is 17.0 Å². The number of rotatable bonds is 4. The number of halogens is 2. The fourth-order valence-electron chi connectivity index (χ4n) is 4.47. The average molecular weight is 444 g/mol. The number of amides is 1. The molecule has 0 bridgehead atoms. The summed E-state index contributed by atoms with van der Waals surface area (Å²) < 4.78 is 0. The first-order valence-corrected chi connectivity index (χ1v) is 10.4. The van der Waals surface area contributed by atoms with Crippen molar-refractivity contribution in [2.24, 2.45) is 0 Å². The minimum Gasteiger partial charge on any atom is -0.337 e. The van der Waals surface area contributed by atoms with Crippen molar-refractivity contribution < 1.29 is 4.79 Å². The van der Waals surface area contributed by atoms with E-state index in [4.69, 9.17) is 0 Å². The third kappa shape index (κ3) is 6.29. The lowest BCUT2D eigenvalue weighted by atomic mass is 10.1. The van der Waals surface area contributed by atoms with Gasteiger partial charge >= 0.3 is 0 Å². The smallest absolute Gasteiger partial charge is 0.253 e. The lowest BCUT2D eigenvalue weighted by Crippen LogP contribution is -2.49. The van der Waals surface area contributed by atoms with Crippen LogP contribution in [0.4, 0.5) is 0 Å².